The van der Waals surface area contributed by atoms with Crippen LogP contribution < -0.4 is 0 Å². The smallest absolute Gasteiger partial charge is 0.261 e. The van der Waals surface area contributed by atoms with E-state index in [0.717, 1.165) is 19.4 Å². The summed E-state index contributed by atoms with van der Waals surface area (Å²) < 4.78 is 22.4. The number of nitrogens with zero attached hydrogens (tertiary/aromatic N) is 1. The van der Waals surface area contributed by atoms with Crippen LogP contribution in [-0.2, 0) is 9.05 Å². The summed E-state index contributed by atoms with van der Waals surface area (Å²) >= 11 is 0. The Bertz CT molecular complexity index is 618. The Morgan fingerprint density at radius 3 is 2.20 bits per heavy atom. The van der Waals surface area contributed by atoms with E-state index in [-0.39, 0.29) is 10.8 Å². The van der Waals surface area contributed by atoms with E-state index in [0.29, 0.717) is 17.5 Å². The van der Waals surface area contributed by atoms with E-state index in [4.69, 9.17) is 10.7 Å². The SMILES string of the molecule is O=C(c1ccc(S(=O)(=O)Cl)cc1)N(CC1CC1)C1CC1. The molecule has 6 heteroatoms. The highest BCUT2D eigenvalue weighted by Crippen LogP contribution is 2.35. The molecule has 4 nitrogen and oxygen atoms in total. The largest absolute Gasteiger partial charge is 0.335 e. The van der Waals surface area contributed by atoms with Crippen LogP contribution in [0.15, 0.2) is 29.2 Å². The molecular formula is C14H16ClNO3S. The van der Waals surface area contributed by atoms with Crippen molar-refractivity contribution in [1.29, 1.82) is 0 Å². The predicted octanol–water partition coefficient (Wildman–Crippen LogP) is 2.63. The third-order valence-electron chi connectivity index (χ3n) is 3.78. The molecule has 0 atom stereocenters. The van der Waals surface area contributed by atoms with Gasteiger partial charge in [0.15, 0.2) is 0 Å². The predicted molar refractivity (Wildman–Crippen MR) is 76.3 cm³/mol. The molecule has 0 N–H and O–H groups in total. The molecular weight excluding hydrogens is 298 g/mol. The summed E-state index contributed by atoms with van der Waals surface area (Å²) in [5, 5.41) is 0. The van der Waals surface area contributed by atoms with Gasteiger partial charge in [-0.2, -0.15) is 0 Å². The fourth-order valence-corrected chi connectivity index (χ4v) is 3.06. The molecule has 3 rings (SSSR count). The Morgan fingerprint density at radius 1 is 1.15 bits per heavy atom. The van der Waals surface area contributed by atoms with Gasteiger partial charge in [-0.15, -0.1) is 0 Å². The van der Waals surface area contributed by atoms with Gasteiger partial charge in [0, 0.05) is 28.8 Å². The van der Waals surface area contributed by atoms with E-state index in [1.165, 1.54) is 25.0 Å². The molecule has 0 saturated heterocycles. The highest BCUT2D eigenvalue weighted by molar-refractivity contribution is 8.13. The number of benzene rings is 1. The van der Waals surface area contributed by atoms with Crippen LogP contribution in [0.1, 0.15) is 36.0 Å². The lowest BCUT2D eigenvalue weighted by Crippen LogP contribution is -2.34. The maximum atomic E-state index is 12.5. The molecule has 1 aromatic rings. The molecule has 0 unspecified atom stereocenters. The lowest BCUT2D eigenvalue weighted by molar-refractivity contribution is 0.0734. The van der Waals surface area contributed by atoms with Gasteiger partial charge in [-0.1, -0.05) is 0 Å². The molecule has 0 heterocycles. The van der Waals surface area contributed by atoms with Crippen molar-refractivity contribution >= 4 is 25.6 Å². The topological polar surface area (TPSA) is 54.5 Å². The first-order chi connectivity index (χ1) is 9.45. The van der Waals surface area contributed by atoms with Crippen molar-refractivity contribution in [2.45, 2.75) is 36.6 Å². The van der Waals surface area contributed by atoms with Crippen LogP contribution in [0.25, 0.3) is 0 Å². The molecule has 1 aromatic carbocycles. The van der Waals surface area contributed by atoms with Crippen molar-refractivity contribution in [3.05, 3.63) is 29.8 Å². The number of halogens is 1. The highest BCUT2D eigenvalue weighted by Gasteiger charge is 2.36. The van der Waals surface area contributed by atoms with Gasteiger partial charge in [-0.3, -0.25) is 4.79 Å². The molecule has 0 aromatic heterocycles. The molecule has 0 aliphatic heterocycles. The van der Waals surface area contributed by atoms with Crippen molar-refractivity contribution in [2.24, 2.45) is 5.92 Å². The fraction of sp³-hybridized carbons (Fsp3) is 0.500. The Labute approximate surface area is 123 Å². The quantitative estimate of drug-likeness (QED) is 0.785. The van der Waals surface area contributed by atoms with Crippen molar-refractivity contribution < 1.29 is 13.2 Å². The Kier molecular flexibility index (Phi) is 3.50. The Balaban J connectivity index is 1.78. The van der Waals surface area contributed by atoms with Gasteiger partial charge in [0.05, 0.1) is 4.90 Å². The van der Waals surface area contributed by atoms with Gasteiger partial charge >= 0.3 is 0 Å². The Hall–Kier alpha value is -1.07. The second-order valence-corrected chi connectivity index (χ2v) is 8.16. The number of carbonyl (C=O) groups excluding carboxylic acids is 1. The van der Waals surface area contributed by atoms with Gasteiger partial charge in [-0.05, 0) is 55.9 Å². The summed E-state index contributed by atoms with van der Waals surface area (Å²) in [6.07, 6.45) is 4.57. The van der Waals surface area contributed by atoms with E-state index in [9.17, 15) is 13.2 Å². The molecule has 108 valence electrons. The molecule has 0 radical (unpaired) electrons. The van der Waals surface area contributed by atoms with Gasteiger partial charge in [0.1, 0.15) is 0 Å². The van der Waals surface area contributed by atoms with Crippen molar-refractivity contribution in [3.8, 4) is 0 Å². The van der Waals surface area contributed by atoms with E-state index >= 15 is 0 Å². The highest BCUT2D eigenvalue weighted by atomic mass is 35.7. The zero-order chi connectivity index (χ0) is 14.3. The fourth-order valence-electron chi connectivity index (χ4n) is 2.29. The van der Waals surface area contributed by atoms with Gasteiger partial charge in [-0.25, -0.2) is 8.42 Å². The third-order valence-corrected chi connectivity index (χ3v) is 5.15. The lowest BCUT2D eigenvalue weighted by Gasteiger charge is -2.22. The van der Waals surface area contributed by atoms with Crippen molar-refractivity contribution in [3.63, 3.8) is 0 Å². The maximum absolute atomic E-state index is 12.5. The van der Waals surface area contributed by atoms with Crippen LogP contribution >= 0.6 is 10.7 Å². The van der Waals surface area contributed by atoms with Crippen molar-refractivity contribution in [2.75, 3.05) is 6.54 Å². The minimum atomic E-state index is -3.73. The van der Waals surface area contributed by atoms with Crippen molar-refractivity contribution in [1.82, 2.24) is 4.90 Å². The summed E-state index contributed by atoms with van der Waals surface area (Å²) in [6.45, 7) is 0.832. The van der Waals surface area contributed by atoms with Crippen LogP contribution in [0.5, 0.6) is 0 Å². The normalized spacial score (nSPS) is 18.9. The minimum Gasteiger partial charge on any atom is -0.335 e. The molecule has 0 bridgehead atoms. The van der Waals surface area contributed by atoms with E-state index in [2.05, 4.69) is 0 Å². The summed E-state index contributed by atoms with van der Waals surface area (Å²) in [6, 6.07) is 6.23. The summed E-state index contributed by atoms with van der Waals surface area (Å²) in [7, 11) is 1.54. The lowest BCUT2D eigenvalue weighted by atomic mass is 10.2. The Morgan fingerprint density at radius 2 is 1.75 bits per heavy atom. The van der Waals surface area contributed by atoms with E-state index in [1.807, 2.05) is 4.90 Å². The first-order valence-corrected chi connectivity index (χ1v) is 9.12. The van der Waals surface area contributed by atoms with Crippen LogP contribution in [0, 0.1) is 5.92 Å². The number of hydrogen-bond acceptors (Lipinski definition) is 3. The van der Waals surface area contributed by atoms with Crippen LogP contribution in [0.3, 0.4) is 0 Å². The molecule has 0 spiro atoms. The second-order valence-electron chi connectivity index (χ2n) is 5.59. The monoisotopic (exact) mass is 313 g/mol. The van der Waals surface area contributed by atoms with Gasteiger partial charge in [0.25, 0.3) is 15.0 Å². The molecule has 2 aliphatic rings. The molecule has 2 aliphatic carbocycles. The second kappa shape index (κ2) is 5.04. The minimum absolute atomic E-state index is 0.00193. The summed E-state index contributed by atoms with van der Waals surface area (Å²) in [5.74, 6) is 0.653. The molecule has 2 saturated carbocycles. The van der Waals surface area contributed by atoms with Gasteiger partial charge < -0.3 is 4.90 Å². The average Bonchev–Trinajstić information content (AvgIpc) is 3.26. The summed E-state index contributed by atoms with van der Waals surface area (Å²) in [4.78, 5) is 14.5. The first-order valence-electron chi connectivity index (χ1n) is 6.81. The average molecular weight is 314 g/mol. The molecule has 1 amide bonds. The van der Waals surface area contributed by atoms with Crippen LogP contribution in [0.4, 0.5) is 0 Å². The van der Waals surface area contributed by atoms with Crippen LogP contribution in [0.2, 0.25) is 0 Å². The first kappa shape index (κ1) is 13.9. The zero-order valence-electron chi connectivity index (χ0n) is 11.0. The third kappa shape index (κ3) is 3.15. The number of hydrogen-bond donors (Lipinski definition) is 0. The maximum Gasteiger partial charge on any atom is 0.261 e. The molecule has 20 heavy (non-hydrogen) atoms. The zero-order valence-corrected chi connectivity index (χ0v) is 12.5. The standard InChI is InChI=1S/C14H16ClNO3S/c15-20(18,19)13-7-3-11(4-8-13)14(17)16(12-5-6-12)9-10-1-2-10/h3-4,7-8,10,12H,1-2,5-6,9H2. The number of carbonyl (C=O) groups is 1. The van der Waals surface area contributed by atoms with E-state index < -0.39 is 9.05 Å². The number of amides is 1. The number of rotatable bonds is 5. The van der Waals surface area contributed by atoms with Crippen LogP contribution in [-0.4, -0.2) is 31.8 Å². The summed E-state index contributed by atoms with van der Waals surface area (Å²) in [5.41, 5.74) is 0.529. The molecule has 2 fully saturated rings. The van der Waals surface area contributed by atoms with E-state index in [1.54, 1.807) is 12.1 Å². The van der Waals surface area contributed by atoms with Gasteiger partial charge in [0.2, 0.25) is 0 Å².